The molecule has 2 aliphatic rings. The number of ether oxygens (including phenoxy) is 1. The lowest BCUT2D eigenvalue weighted by atomic mass is 10.1. The molecule has 0 unspecified atom stereocenters. The number of likely N-dealkylation sites (tertiary alicyclic amines) is 1. The van der Waals surface area contributed by atoms with Crippen molar-refractivity contribution in [1.82, 2.24) is 4.90 Å². The van der Waals surface area contributed by atoms with Crippen LogP contribution >= 0.6 is 0 Å². The Morgan fingerprint density at radius 2 is 1.67 bits per heavy atom. The third-order valence-electron chi connectivity index (χ3n) is 2.93. The minimum Gasteiger partial charge on any atom is -0.491 e. The van der Waals surface area contributed by atoms with Crippen LogP contribution in [0.15, 0.2) is 24.0 Å². The molecule has 1 saturated heterocycles. The Hall–Kier alpha value is -0.760. The molecule has 2 nitrogen and oxygen atoms in total. The van der Waals surface area contributed by atoms with Crippen LogP contribution in [0.5, 0.6) is 0 Å². The quantitative estimate of drug-likeness (QED) is 0.724. The molecule has 2 rings (SSSR count). The molecule has 1 heterocycles. The van der Waals surface area contributed by atoms with Gasteiger partial charge in [0.2, 0.25) is 0 Å². The summed E-state index contributed by atoms with van der Waals surface area (Å²) >= 11 is 0. The van der Waals surface area contributed by atoms with Crippen LogP contribution in [-0.2, 0) is 4.74 Å². The fourth-order valence-corrected chi connectivity index (χ4v) is 1.97. The molecule has 1 fully saturated rings. The molecular weight excluding hydrogens is 222 g/mol. The predicted molar refractivity (Wildman–Crippen MR) is 80.8 cm³/mol. The molecule has 0 aromatic rings. The van der Waals surface area contributed by atoms with E-state index in [-0.39, 0.29) is 0 Å². The van der Waals surface area contributed by atoms with Crippen LogP contribution in [0.3, 0.4) is 0 Å². The first-order chi connectivity index (χ1) is 8.84. The van der Waals surface area contributed by atoms with Crippen molar-refractivity contribution in [2.45, 2.75) is 59.5 Å². The van der Waals surface area contributed by atoms with Crippen molar-refractivity contribution in [3.05, 3.63) is 24.0 Å². The van der Waals surface area contributed by atoms with Crippen molar-refractivity contribution < 1.29 is 4.74 Å². The van der Waals surface area contributed by atoms with E-state index in [9.17, 15) is 0 Å². The van der Waals surface area contributed by atoms with Gasteiger partial charge in [0.25, 0.3) is 0 Å². The fraction of sp³-hybridized carbons (Fsp3) is 0.750. The second-order valence-corrected chi connectivity index (χ2v) is 4.21. The summed E-state index contributed by atoms with van der Waals surface area (Å²) in [6, 6.07) is 0. The molecule has 0 bridgehead atoms. The fourth-order valence-electron chi connectivity index (χ4n) is 1.97. The number of rotatable bonds is 2. The van der Waals surface area contributed by atoms with E-state index in [0.29, 0.717) is 6.10 Å². The second kappa shape index (κ2) is 11.3. The third-order valence-corrected chi connectivity index (χ3v) is 2.93. The Labute approximate surface area is 114 Å². The predicted octanol–water partition coefficient (Wildman–Crippen LogP) is 4.38. The molecule has 0 aromatic carbocycles. The van der Waals surface area contributed by atoms with Gasteiger partial charge in [-0.1, -0.05) is 33.8 Å². The molecule has 0 atom stereocenters. The van der Waals surface area contributed by atoms with Crippen LogP contribution in [0.2, 0.25) is 0 Å². The largest absolute Gasteiger partial charge is 0.491 e. The summed E-state index contributed by atoms with van der Waals surface area (Å²) in [4.78, 5) is 2.37. The molecular formula is C16H31NO. The van der Waals surface area contributed by atoms with Crippen LogP contribution in [0.25, 0.3) is 0 Å². The van der Waals surface area contributed by atoms with Gasteiger partial charge in [-0.15, -0.1) is 0 Å². The van der Waals surface area contributed by atoms with Crippen LogP contribution in [0, 0.1) is 0 Å². The van der Waals surface area contributed by atoms with Crippen LogP contribution < -0.4 is 0 Å². The van der Waals surface area contributed by atoms with Crippen molar-refractivity contribution >= 4 is 0 Å². The molecule has 2 heteroatoms. The first-order valence-electron chi connectivity index (χ1n) is 7.56. The molecule has 0 radical (unpaired) electrons. The number of allylic oxidation sites excluding steroid dienone is 3. The van der Waals surface area contributed by atoms with E-state index >= 15 is 0 Å². The third kappa shape index (κ3) is 6.85. The number of hydrogen-bond donors (Lipinski definition) is 0. The van der Waals surface area contributed by atoms with E-state index in [1.54, 1.807) is 0 Å². The molecule has 0 saturated carbocycles. The van der Waals surface area contributed by atoms with E-state index in [1.807, 2.05) is 27.7 Å². The van der Waals surface area contributed by atoms with Crippen molar-refractivity contribution in [2.24, 2.45) is 0 Å². The maximum atomic E-state index is 5.93. The number of nitrogens with zero attached hydrogens (tertiary/aromatic N) is 1. The van der Waals surface area contributed by atoms with Crippen LogP contribution in [0.4, 0.5) is 0 Å². The normalized spacial score (nSPS) is 19.9. The van der Waals surface area contributed by atoms with Crippen molar-refractivity contribution in [3.8, 4) is 0 Å². The SMILES string of the molecule is CC.CC.CN1CCC(OC2=CCCC=C2)CC1. The molecule has 1 aliphatic heterocycles. The summed E-state index contributed by atoms with van der Waals surface area (Å²) in [7, 11) is 2.18. The van der Waals surface area contributed by atoms with Crippen LogP contribution in [0.1, 0.15) is 53.4 Å². The molecule has 1 aliphatic carbocycles. The maximum absolute atomic E-state index is 5.93. The average Bonchev–Trinajstić information content (AvgIpc) is 2.47. The van der Waals surface area contributed by atoms with Gasteiger partial charge in [-0.05, 0) is 44.9 Å². The van der Waals surface area contributed by atoms with Gasteiger partial charge in [-0.2, -0.15) is 0 Å². The van der Waals surface area contributed by atoms with E-state index in [1.165, 1.54) is 32.4 Å². The Kier molecular flexibility index (Phi) is 10.9. The molecule has 0 amide bonds. The summed E-state index contributed by atoms with van der Waals surface area (Å²) in [6.45, 7) is 10.3. The van der Waals surface area contributed by atoms with Gasteiger partial charge in [0.05, 0.1) is 0 Å². The topological polar surface area (TPSA) is 12.5 Å². The van der Waals surface area contributed by atoms with Gasteiger partial charge in [-0.25, -0.2) is 0 Å². The smallest absolute Gasteiger partial charge is 0.115 e. The van der Waals surface area contributed by atoms with Gasteiger partial charge < -0.3 is 9.64 Å². The van der Waals surface area contributed by atoms with Crippen molar-refractivity contribution in [2.75, 3.05) is 20.1 Å². The van der Waals surface area contributed by atoms with E-state index in [4.69, 9.17) is 4.74 Å². The Bertz CT molecular complexity index is 237. The first-order valence-corrected chi connectivity index (χ1v) is 7.56. The molecule has 0 N–H and O–H groups in total. The Morgan fingerprint density at radius 3 is 2.17 bits per heavy atom. The van der Waals surface area contributed by atoms with Gasteiger partial charge in [0.15, 0.2) is 0 Å². The first kappa shape index (κ1) is 17.2. The summed E-state index contributed by atoms with van der Waals surface area (Å²) in [5, 5.41) is 0. The van der Waals surface area contributed by atoms with Gasteiger partial charge in [0.1, 0.15) is 11.9 Å². The second-order valence-electron chi connectivity index (χ2n) is 4.21. The number of hydrogen-bond acceptors (Lipinski definition) is 2. The van der Waals surface area contributed by atoms with Gasteiger partial charge in [0, 0.05) is 13.1 Å². The van der Waals surface area contributed by atoms with E-state index in [0.717, 1.165) is 12.2 Å². The lowest BCUT2D eigenvalue weighted by Crippen LogP contribution is -2.34. The minimum absolute atomic E-state index is 0.445. The summed E-state index contributed by atoms with van der Waals surface area (Å²) in [5.41, 5.74) is 0. The lowest BCUT2D eigenvalue weighted by molar-refractivity contribution is 0.0633. The van der Waals surface area contributed by atoms with Crippen molar-refractivity contribution in [3.63, 3.8) is 0 Å². The molecule has 106 valence electrons. The minimum atomic E-state index is 0.445. The maximum Gasteiger partial charge on any atom is 0.115 e. The summed E-state index contributed by atoms with van der Waals surface area (Å²) in [6.07, 6.45) is 11.6. The Morgan fingerprint density at radius 1 is 1.06 bits per heavy atom. The molecule has 0 spiro atoms. The van der Waals surface area contributed by atoms with Gasteiger partial charge in [-0.3, -0.25) is 0 Å². The molecule has 18 heavy (non-hydrogen) atoms. The van der Waals surface area contributed by atoms with Crippen LogP contribution in [-0.4, -0.2) is 31.1 Å². The van der Waals surface area contributed by atoms with Gasteiger partial charge >= 0.3 is 0 Å². The zero-order valence-corrected chi connectivity index (χ0v) is 12.9. The average molecular weight is 253 g/mol. The highest BCUT2D eigenvalue weighted by atomic mass is 16.5. The Balaban J connectivity index is 0.000000659. The number of piperidine rings is 1. The summed E-state index contributed by atoms with van der Waals surface area (Å²) < 4.78 is 5.93. The van der Waals surface area contributed by atoms with Crippen molar-refractivity contribution in [1.29, 1.82) is 0 Å². The van der Waals surface area contributed by atoms with E-state index < -0.39 is 0 Å². The highest BCUT2D eigenvalue weighted by Gasteiger charge is 2.18. The zero-order chi connectivity index (χ0) is 13.8. The van der Waals surface area contributed by atoms with E-state index in [2.05, 4.69) is 30.2 Å². The lowest BCUT2D eigenvalue weighted by Gasteiger charge is -2.29. The summed E-state index contributed by atoms with van der Waals surface area (Å²) in [5.74, 6) is 1.09. The standard InChI is InChI=1S/C12H19NO.2C2H6/c1-13-9-7-12(8-10-13)14-11-5-3-2-4-6-11;2*1-2/h3,5-6,12H,2,4,7-10H2,1H3;2*1-2H3. The monoisotopic (exact) mass is 253 g/mol. The highest BCUT2D eigenvalue weighted by Crippen LogP contribution is 2.19. The molecule has 0 aromatic heterocycles. The highest BCUT2D eigenvalue weighted by molar-refractivity contribution is 5.16. The zero-order valence-electron chi connectivity index (χ0n) is 12.9.